The largest absolute Gasteiger partial charge is 0.497 e. The fourth-order valence-corrected chi connectivity index (χ4v) is 1.64. The van der Waals surface area contributed by atoms with E-state index in [9.17, 15) is 0 Å². The van der Waals surface area contributed by atoms with Crippen LogP contribution >= 0.6 is 0 Å². The van der Waals surface area contributed by atoms with E-state index < -0.39 is 0 Å². The van der Waals surface area contributed by atoms with Crippen molar-refractivity contribution in [3.05, 3.63) is 47.7 Å². The predicted octanol–water partition coefficient (Wildman–Crippen LogP) is 1.99. The Labute approximate surface area is 101 Å². The summed E-state index contributed by atoms with van der Waals surface area (Å²) < 4.78 is 10.8. The maximum Gasteiger partial charge on any atom is 0.198 e. The molecule has 90 valence electrons. The van der Waals surface area contributed by atoms with Crippen molar-refractivity contribution in [2.75, 3.05) is 14.2 Å². The number of ether oxygens (including phenoxy) is 1. The molecular formula is C13H16N2O2. The van der Waals surface area contributed by atoms with Crippen LogP contribution < -0.4 is 10.1 Å². The van der Waals surface area contributed by atoms with Gasteiger partial charge in [0.25, 0.3) is 0 Å². The highest BCUT2D eigenvalue weighted by molar-refractivity contribution is 5.29. The highest BCUT2D eigenvalue weighted by Gasteiger charge is 2.05. The first-order valence-corrected chi connectivity index (χ1v) is 5.53. The fourth-order valence-electron chi connectivity index (χ4n) is 1.64. The maximum atomic E-state index is 5.59. The summed E-state index contributed by atoms with van der Waals surface area (Å²) in [5.74, 6) is 2.43. The van der Waals surface area contributed by atoms with E-state index in [1.807, 2.05) is 31.3 Å². The minimum absolute atomic E-state index is 0.681. The molecule has 1 heterocycles. The number of nitrogens with zero attached hydrogens (tertiary/aromatic N) is 1. The van der Waals surface area contributed by atoms with Crippen LogP contribution in [0.3, 0.4) is 0 Å². The minimum atomic E-state index is 0.681. The zero-order valence-corrected chi connectivity index (χ0v) is 10.1. The van der Waals surface area contributed by atoms with E-state index in [1.165, 1.54) is 0 Å². The van der Waals surface area contributed by atoms with Crippen molar-refractivity contribution in [3.63, 3.8) is 0 Å². The Bertz CT molecular complexity index is 480. The van der Waals surface area contributed by atoms with Crippen LogP contribution in [0.25, 0.3) is 0 Å². The molecule has 0 spiro atoms. The van der Waals surface area contributed by atoms with Gasteiger partial charge < -0.3 is 14.5 Å². The molecule has 0 saturated heterocycles. The molecule has 4 nitrogen and oxygen atoms in total. The summed E-state index contributed by atoms with van der Waals surface area (Å²) >= 11 is 0. The van der Waals surface area contributed by atoms with E-state index in [1.54, 1.807) is 13.3 Å². The number of benzene rings is 1. The molecule has 0 amide bonds. The van der Waals surface area contributed by atoms with Gasteiger partial charge in [-0.05, 0) is 24.7 Å². The lowest BCUT2D eigenvalue weighted by molar-refractivity contribution is 0.414. The number of oxazole rings is 1. The van der Waals surface area contributed by atoms with Gasteiger partial charge in [-0.2, -0.15) is 0 Å². The van der Waals surface area contributed by atoms with Gasteiger partial charge in [-0.25, -0.2) is 4.98 Å². The van der Waals surface area contributed by atoms with Crippen molar-refractivity contribution in [1.82, 2.24) is 10.3 Å². The smallest absolute Gasteiger partial charge is 0.198 e. The fraction of sp³-hybridized carbons (Fsp3) is 0.308. The molecule has 0 radical (unpaired) electrons. The van der Waals surface area contributed by atoms with E-state index in [0.29, 0.717) is 13.0 Å². The normalized spacial score (nSPS) is 10.5. The van der Waals surface area contributed by atoms with Crippen molar-refractivity contribution < 1.29 is 9.15 Å². The van der Waals surface area contributed by atoms with Crippen molar-refractivity contribution in [2.45, 2.75) is 13.0 Å². The highest BCUT2D eigenvalue weighted by atomic mass is 16.5. The highest BCUT2D eigenvalue weighted by Crippen LogP contribution is 2.16. The van der Waals surface area contributed by atoms with Crippen molar-refractivity contribution in [3.8, 4) is 5.75 Å². The van der Waals surface area contributed by atoms with Gasteiger partial charge in [0.1, 0.15) is 11.5 Å². The Morgan fingerprint density at radius 2 is 2.29 bits per heavy atom. The summed E-state index contributed by atoms with van der Waals surface area (Å²) in [5.41, 5.74) is 1.13. The lowest BCUT2D eigenvalue weighted by Gasteiger charge is -2.02. The average molecular weight is 232 g/mol. The zero-order valence-electron chi connectivity index (χ0n) is 10.1. The van der Waals surface area contributed by atoms with E-state index in [-0.39, 0.29) is 0 Å². The quantitative estimate of drug-likeness (QED) is 0.856. The van der Waals surface area contributed by atoms with Crippen LogP contribution in [0, 0.1) is 0 Å². The Hall–Kier alpha value is -1.81. The molecule has 4 heteroatoms. The number of aromatic nitrogens is 1. The first-order chi connectivity index (χ1) is 8.31. The first-order valence-electron chi connectivity index (χ1n) is 5.53. The molecule has 0 fully saturated rings. The van der Waals surface area contributed by atoms with Crippen LogP contribution in [0.4, 0.5) is 0 Å². The molecule has 1 aromatic carbocycles. The molecule has 1 N–H and O–H groups in total. The SMILES string of the molecule is CNCc1cnc(Cc2cccc(OC)c2)o1. The van der Waals surface area contributed by atoms with Gasteiger partial charge in [-0.1, -0.05) is 12.1 Å². The molecule has 2 aromatic rings. The lowest BCUT2D eigenvalue weighted by atomic mass is 10.1. The molecule has 0 unspecified atom stereocenters. The van der Waals surface area contributed by atoms with Crippen LogP contribution in [0.1, 0.15) is 17.2 Å². The molecular weight excluding hydrogens is 216 g/mol. The monoisotopic (exact) mass is 232 g/mol. The van der Waals surface area contributed by atoms with E-state index >= 15 is 0 Å². The Kier molecular flexibility index (Phi) is 3.77. The van der Waals surface area contributed by atoms with Crippen LogP contribution in [-0.4, -0.2) is 19.1 Å². The summed E-state index contributed by atoms with van der Waals surface area (Å²) in [5, 5.41) is 3.03. The van der Waals surface area contributed by atoms with Crippen molar-refractivity contribution in [2.24, 2.45) is 0 Å². The molecule has 0 bridgehead atoms. The van der Waals surface area contributed by atoms with Crippen molar-refractivity contribution in [1.29, 1.82) is 0 Å². The number of hydrogen-bond donors (Lipinski definition) is 1. The molecule has 17 heavy (non-hydrogen) atoms. The van der Waals surface area contributed by atoms with Crippen LogP contribution in [0.2, 0.25) is 0 Å². The second-order valence-electron chi connectivity index (χ2n) is 3.78. The molecule has 0 aliphatic carbocycles. The second-order valence-corrected chi connectivity index (χ2v) is 3.78. The summed E-state index contributed by atoms with van der Waals surface area (Å²) in [6.45, 7) is 0.700. The third kappa shape index (κ3) is 3.07. The van der Waals surface area contributed by atoms with E-state index in [4.69, 9.17) is 9.15 Å². The Morgan fingerprint density at radius 3 is 3.06 bits per heavy atom. The molecule has 0 aliphatic rings. The minimum Gasteiger partial charge on any atom is -0.497 e. The van der Waals surface area contributed by atoms with Crippen molar-refractivity contribution >= 4 is 0 Å². The molecule has 0 saturated carbocycles. The average Bonchev–Trinajstić information content (AvgIpc) is 2.77. The molecule has 0 atom stereocenters. The third-order valence-corrected chi connectivity index (χ3v) is 2.44. The maximum absolute atomic E-state index is 5.59. The predicted molar refractivity (Wildman–Crippen MR) is 65.1 cm³/mol. The van der Waals surface area contributed by atoms with Gasteiger partial charge in [0.05, 0.1) is 19.9 Å². The van der Waals surface area contributed by atoms with E-state index in [0.717, 1.165) is 23.0 Å². The van der Waals surface area contributed by atoms with Gasteiger partial charge in [0, 0.05) is 6.42 Å². The first kappa shape index (κ1) is 11.7. The van der Waals surface area contributed by atoms with Gasteiger partial charge in [-0.3, -0.25) is 0 Å². The van der Waals surface area contributed by atoms with E-state index in [2.05, 4.69) is 10.3 Å². The Morgan fingerprint density at radius 1 is 1.41 bits per heavy atom. The van der Waals surface area contributed by atoms with Crippen LogP contribution in [0.5, 0.6) is 5.75 Å². The number of methoxy groups -OCH3 is 1. The van der Waals surface area contributed by atoms with Gasteiger partial charge in [0.15, 0.2) is 5.89 Å². The topological polar surface area (TPSA) is 47.3 Å². The summed E-state index contributed by atoms with van der Waals surface area (Å²) in [4.78, 5) is 4.24. The number of nitrogens with one attached hydrogen (secondary N) is 1. The molecule has 2 rings (SSSR count). The number of hydrogen-bond acceptors (Lipinski definition) is 4. The number of rotatable bonds is 5. The van der Waals surface area contributed by atoms with Gasteiger partial charge >= 0.3 is 0 Å². The molecule has 1 aromatic heterocycles. The second kappa shape index (κ2) is 5.50. The van der Waals surface area contributed by atoms with Crippen LogP contribution in [-0.2, 0) is 13.0 Å². The third-order valence-electron chi connectivity index (χ3n) is 2.44. The molecule has 0 aliphatic heterocycles. The summed E-state index contributed by atoms with van der Waals surface area (Å²) in [6.07, 6.45) is 2.44. The van der Waals surface area contributed by atoms with Gasteiger partial charge in [-0.15, -0.1) is 0 Å². The lowest BCUT2D eigenvalue weighted by Crippen LogP contribution is -2.03. The summed E-state index contributed by atoms with van der Waals surface area (Å²) in [6, 6.07) is 7.91. The standard InChI is InChI=1S/C13H16N2O2/c1-14-8-12-9-15-13(17-12)7-10-4-3-5-11(6-10)16-2/h3-6,9,14H,7-8H2,1-2H3. The van der Waals surface area contributed by atoms with Crippen LogP contribution in [0.15, 0.2) is 34.9 Å². The van der Waals surface area contributed by atoms with Gasteiger partial charge in [0.2, 0.25) is 0 Å². The Balaban J connectivity index is 2.08. The summed E-state index contributed by atoms with van der Waals surface area (Å²) in [7, 11) is 3.54. The zero-order chi connectivity index (χ0) is 12.1.